The van der Waals surface area contributed by atoms with Crippen LogP contribution in [0.1, 0.15) is 19.8 Å². The molecule has 1 aliphatic heterocycles. The van der Waals surface area contributed by atoms with Crippen molar-refractivity contribution in [2.45, 2.75) is 19.8 Å². The molecular formula is C13H21N3O. The van der Waals surface area contributed by atoms with Crippen LogP contribution in [-0.2, 0) is 0 Å². The Bertz CT molecular complexity index is 337. The monoisotopic (exact) mass is 235 g/mol. The summed E-state index contributed by atoms with van der Waals surface area (Å²) < 4.78 is 5.62. The molecule has 1 N–H and O–H groups in total. The number of unbranched alkanes of at least 4 members (excludes halogenated alkanes) is 1. The molecule has 1 aromatic rings. The summed E-state index contributed by atoms with van der Waals surface area (Å²) in [5.74, 6) is 1.77. The largest absolute Gasteiger partial charge is 0.478 e. The maximum absolute atomic E-state index is 5.62. The Hall–Kier alpha value is -1.29. The Morgan fingerprint density at radius 1 is 1.35 bits per heavy atom. The van der Waals surface area contributed by atoms with Gasteiger partial charge in [0, 0.05) is 32.2 Å². The Morgan fingerprint density at radius 2 is 2.18 bits per heavy atom. The molecular weight excluding hydrogens is 214 g/mol. The van der Waals surface area contributed by atoms with Crippen molar-refractivity contribution in [3.63, 3.8) is 0 Å². The summed E-state index contributed by atoms with van der Waals surface area (Å²) in [5.41, 5.74) is 0. The van der Waals surface area contributed by atoms with Gasteiger partial charge in [-0.05, 0) is 12.5 Å². The highest BCUT2D eigenvalue weighted by Gasteiger charge is 2.11. The fourth-order valence-corrected chi connectivity index (χ4v) is 1.88. The van der Waals surface area contributed by atoms with E-state index in [2.05, 4.69) is 28.2 Å². The second-order valence-electron chi connectivity index (χ2n) is 4.27. The van der Waals surface area contributed by atoms with Crippen molar-refractivity contribution >= 4 is 5.82 Å². The third-order valence-corrected chi connectivity index (χ3v) is 2.90. The minimum Gasteiger partial charge on any atom is -0.478 e. The van der Waals surface area contributed by atoms with Crippen LogP contribution in [0.2, 0.25) is 0 Å². The topological polar surface area (TPSA) is 37.4 Å². The average Bonchev–Trinajstić information content (AvgIpc) is 2.41. The van der Waals surface area contributed by atoms with Gasteiger partial charge in [-0.2, -0.15) is 4.98 Å². The molecule has 4 nitrogen and oxygen atoms in total. The first-order chi connectivity index (χ1) is 8.40. The van der Waals surface area contributed by atoms with E-state index in [1.165, 1.54) is 0 Å². The lowest BCUT2D eigenvalue weighted by Crippen LogP contribution is -2.43. The van der Waals surface area contributed by atoms with Crippen LogP contribution in [0.4, 0.5) is 5.82 Å². The number of pyridine rings is 1. The van der Waals surface area contributed by atoms with Crippen LogP contribution < -0.4 is 15.0 Å². The molecule has 0 amide bonds. The molecule has 4 heteroatoms. The maximum atomic E-state index is 5.62. The van der Waals surface area contributed by atoms with Gasteiger partial charge in [-0.1, -0.05) is 19.4 Å². The van der Waals surface area contributed by atoms with Crippen LogP contribution in [-0.4, -0.2) is 37.8 Å². The fourth-order valence-electron chi connectivity index (χ4n) is 1.88. The molecule has 0 unspecified atom stereocenters. The lowest BCUT2D eigenvalue weighted by atomic mass is 10.3. The first-order valence-corrected chi connectivity index (χ1v) is 6.45. The van der Waals surface area contributed by atoms with E-state index in [4.69, 9.17) is 4.74 Å². The number of hydrogen-bond donors (Lipinski definition) is 1. The van der Waals surface area contributed by atoms with Gasteiger partial charge >= 0.3 is 0 Å². The van der Waals surface area contributed by atoms with E-state index in [1.54, 1.807) is 0 Å². The minimum atomic E-state index is 0.745. The van der Waals surface area contributed by atoms with E-state index < -0.39 is 0 Å². The quantitative estimate of drug-likeness (QED) is 0.788. The molecule has 0 radical (unpaired) electrons. The Balaban J connectivity index is 1.95. The number of rotatable bonds is 5. The summed E-state index contributed by atoms with van der Waals surface area (Å²) in [6, 6.07) is 6.00. The van der Waals surface area contributed by atoms with Gasteiger partial charge < -0.3 is 15.0 Å². The Labute approximate surface area is 103 Å². The average molecular weight is 235 g/mol. The van der Waals surface area contributed by atoms with Crippen molar-refractivity contribution in [3.8, 4) is 5.88 Å². The Morgan fingerprint density at radius 3 is 2.94 bits per heavy atom. The van der Waals surface area contributed by atoms with Crippen LogP contribution in [0, 0.1) is 0 Å². The molecule has 0 bridgehead atoms. The number of nitrogens with zero attached hydrogens (tertiary/aromatic N) is 2. The highest BCUT2D eigenvalue weighted by Crippen LogP contribution is 2.16. The summed E-state index contributed by atoms with van der Waals surface area (Å²) in [7, 11) is 0. The molecule has 17 heavy (non-hydrogen) atoms. The summed E-state index contributed by atoms with van der Waals surface area (Å²) in [6.07, 6.45) is 2.23. The Kier molecular flexibility index (Phi) is 4.62. The predicted molar refractivity (Wildman–Crippen MR) is 69.7 cm³/mol. The number of nitrogens with one attached hydrogen (secondary N) is 1. The third kappa shape index (κ3) is 3.60. The number of ether oxygens (including phenoxy) is 1. The zero-order valence-corrected chi connectivity index (χ0v) is 10.5. The summed E-state index contributed by atoms with van der Waals surface area (Å²) in [5, 5.41) is 3.34. The molecule has 0 saturated carbocycles. The van der Waals surface area contributed by atoms with Crippen molar-refractivity contribution in [2.75, 3.05) is 37.7 Å². The normalized spacial score (nSPS) is 15.9. The molecule has 94 valence electrons. The van der Waals surface area contributed by atoms with E-state index in [1.807, 2.05) is 12.1 Å². The van der Waals surface area contributed by atoms with Crippen molar-refractivity contribution in [1.29, 1.82) is 0 Å². The first-order valence-electron chi connectivity index (χ1n) is 6.45. The standard InChI is InChI=1S/C13H21N3O/c1-2-3-11-17-13-6-4-5-12(15-13)16-9-7-14-8-10-16/h4-6,14H,2-3,7-11H2,1H3. The van der Waals surface area contributed by atoms with Crippen molar-refractivity contribution < 1.29 is 4.74 Å². The maximum Gasteiger partial charge on any atom is 0.215 e. The van der Waals surface area contributed by atoms with Gasteiger partial charge in [-0.3, -0.25) is 0 Å². The zero-order chi connectivity index (χ0) is 11.9. The van der Waals surface area contributed by atoms with Crippen LogP contribution in [0.3, 0.4) is 0 Å². The minimum absolute atomic E-state index is 0.745. The smallest absolute Gasteiger partial charge is 0.215 e. The molecule has 1 fully saturated rings. The second-order valence-corrected chi connectivity index (χ2v) is 4.27. The van der Waals surface area contributed by atoms with E-state index in [0.717, 1.165) is 57.3 Å². The van der Waals surface area contributed by atoms with Crippen LogP contribution >= 0.6 is 0 Å². The molecule has 1 saturated heterocycles. The fraction of sp³-hybridized carbons (Fsp3) is 0.615. The van der Waals surface area contributed by atoms with Gasteiger partial charge in [0.05, 0.1) is 6.61 Å². The summed E-state index contributed by atoms with van der Waals surface area (Å²) in [6.45, 7) is 7.02. The van der Waals surface area contributed by atoms with Crippen molar-refractivity contribution in [1.82, 2.24) is 10.3 Å². The number of piperazine rings is 1. The molecule has 2 heterocycles. The van der Waals surface area contributed by atoms with Crippen LogP contribution in [0.25, 0.3) is 0 Å². The van der Waals surface area contributed by atoms with Gasteiger partial charge in [0.2, 0.25) is 5.88 Å². The SMILES string of the molecule is CCCCOc1cccc(N2CCNCC2)n1. The van der Waals surface area contributed by atoms with Crippen molar-refractivity contribution in [2.24, 2.45) is 0 Å². The molecule has 2 rings (SSSR count). The highest BCUT2D eigenvalue weighted by atomic mass is 16.5. The number of anilines is 1. The summed E-state index contributed by atoms with van der Waals surface area (Å²) >= 11 is 0. The first kappa shape index (κ1) is 12.2. The summed E-state index contributed by atoms with van der Waals surface area (Å²) in [4.78, 5) is 6.84. The van der Waals surface area contributed by atoms with Gasteiger partial charge in [0.1, 0.15) is 5.82 Å². The van der Waals surface area contributed by atoms with E-state index in [-0.39, 0.29) is 0 Å². The lowest BCUT2D eigenvalue weighted by Gasteiger charge is -2.28. The molecule has 0 aliphatic carbocycles. The van der Waals surface area contributed by atoms with Gasteiger partial charge in [-0.15, -0.1) is 0 Å². The molecule has 1 aromatic heterocycles. The van der Waals surface area contributed by atoms with E-state index in [0.29, 0.717) is 0 Å². The van der Waals surface area contributed by atoms with Gasteiger partial charge in [0.25, 0.3) is 0 Å². The van der Waals surface area contributed by atoms with Crippen molar-refractivity contribution in [3.05, 3.63) is 18.2 Å². The molecule has 0 aromatic carbocycles. The molecule has 0 spiro atoms. The lowest BCUT2D eigenvalue weighted by molar-refractivity contribution is 0.298. The zero-order valence-electron chi connectivity index (χ0n) is 10.5. The van der Waals surface area contributed by atoms with Gasteiger partial charge in [-0.25, -0.2) is 0 Å². The third-order valence-electron chi connectivity index (χ3n) is 2.90. The van der Waals surface area contributed by atoms with E-state index in [9.17, 15) is 0 Å². The van der Waals surface area contributed by atoms with Crippen LogP contribution in [0.5, 0.6) is 5.88 Å². The molecule has 1 aliphatic rings. The number of aromatic nitrogens is 1. The van der Waals surface area contributed by atoms with Gasteiger partial charge in [0.15, 0.2) is 0 Å². The van der Waals surface area contributed by atoms with Crippen LogP contribution in [0.15, 0.2) is 18.2 Å². The van der Waals surface area contributed by atoms with E-state index >= 15 is 0 Å². The predicted octanol–water partition coefficient (Wildman–Crippen LogP) is 1.67. The second kappa shape index (κ2) is 6.45. The highest BCUT2D eigenvalue weighted by molar-refractivity contribution is 5.41. The number of hydrogen-bond acceptors (Lipinski definition) is 4. The molecule has 0 atom stereocenters.